The molecule has 0 radical (unpaired) electrons. The standard InChI is InChI=1S/C13H10F3NO2S/c1-7-11(12(18)19)20-10(17-7)6-8-2-4-9(5-3-8)13(14,15)16/h2-5H,6H2,1H3,(H,18,19). The van der Waals surface area contributed by atoms with Crippen LogP contribution in [0.25, 0.3) is 0 Å². The third-order valence-corrected chi connectivity index (χ3v) is 3.82. The van der Waals surface area contributed by atoms with E-state index in [0.29, 0.717) is 22.7 Å². The number of aromatic nitrogens is 1. The average molecular weight is 301 g/mol. The van der Waals surface area contributed by atoms with E-state index in [0.717, 1.165) is 23.5 Å². The number of aryl methyl sites for hydroxylation is 1. The molecule has 0 saturated heterocycles. The Bertz CT molecular complexity index is 632. The molecule has 0 bridgehead atoms. The summed E-state index contributed by atoms with van der Waals surface area (Å²) >= 11 is 1.04. The number of thiazole rings is 1. The maximum absolute atomic E-state index is 12.4. The summed E-state index contributed by atoms with van der Waals surface area (Å²) in [6.07, 6.45) is -4.04. The number of hydrogen-bond donors (Lipinski definition) is 1. The molecule has 7 heteroatoms. The van der Waals surface area contributed by atoms with Crippen LogP contribution in [-0.4, -0.2) is 16.1 Å². The molecular weight excluding hydrogens is 291 g/mol. The lowest BCUT2D eigenvalue weighted by atomic mass is 10.1. The fraction of sp³-hybridized carbons (Fsp3) is 0.231. The molecule has 0 fully saturated rings. The monoisotopic (exact) mass is 301 g/mol. The van der Waals surface area contributed by atoms with Crippen LogP contribution in [0.1, 0.15) is 31.5 Å². The molecule has 1 aromatic heterocycles. The highest BCUT2D eigenvalue weighted by Gasteiger charge is 2.29. The first-order valence-electron chi connectivity index (χ1n) is 5.63. The molecule has 20 heavy (non-hydrogen) atoms. The first-order valence-corrected chi connectivity index (χ1v) is 6.45. The van der Waals surface area contributed by atoms with Crippen molar-refractivity contribution < 1.29 is 23.1 Å². The molecule has 106 valence electrons. The van der Waals surface area contributed by atoms with Gasteiger partial charge in [0.2, 0.25) is 0 Å². The minimum Gasteiger partial charge on any atom is -0.477 e. The summed E-state index contributed by atoms with van der Waals surface area (Å²) in [4.78, 5) is 15.2. The molecular formula is C13H10F3NO2S. The Balaban J connectivity index is 2.18. The van der Waals surface area contributed by atoms with E-state index in [2.05, 4.69) is 4.98 Å². The van der Waals surface area contributed by atoms with Crippen molar-refractivity contribution >= 4 is 17.3 Å². The number of carbonyl (C=O) groups is 1. The third kappa shape index (κ3) is 3.16. The van der Waals surface area contributed by atoms with Gasteiger partial charge in [0, 0.05) is 6.42 Å². The van der Waals surface area contributed by atoms with Crippen molar-refractivity contribution in [1.82, 2.24) is 4.98 Å². The van der Waals surface area contributed by atoms with Crippen LogP contribution in [0.5, 0.6) is 0 Å². The number of hydrogen-bond acceptors (Lipinski definition) is 3. The Hall–Kier alpha value is -1.89. The second-order valence-electron chi connectivity index (χ2n) is 4.20. The summed E-state index contributed by atoms with van der Waals surface area (Å²) in [7, 11) is 0. The van der Waals surface area contributed by atoms with Gasteiger partial charge in [-0.3, -0.25) is 0 Å². The van der Waals surface area contributed by atoms with E-state index in [-0.39, 0.29) is 4.88 Å². The number of carboxylic acid groups (broad SMARTS) is 1. The SMILES string of the molecule is Cc1nc(Cc2ccc(C(F)(F)F)cc2)sc1C(=O)O. The highest BCUT2D eigenvalue weighted by Crippen LogP contribution is 2.29. The molecule has 0 spiro atoms. The van der Waals surface area contributed by atoms with Gasteiger partial charge in [-0.2, -0.15) is 13.2 Å². The van der Waals surface area contributed by atoms with Crippen LogP contribution in [0, 0.1) is 6.92 Å². The number of benzene rings is 1. The Morgan fingerprint density at radius 3 is 2.35 bits per heavy atom. The zero-order chi connectivity index (χ0) is 14.9. The van der Waals surface area contributed by atoms with Gasteiger partial charge in [-0.05, 0) is 24.6 Å². The number of rotatable bonds is 3. The number of nitrogens with zero attached hydrogens (tertiary/aromatic N) is 1. The first kappa shape index (κ1) is 14.5. The van der Waals surface area contributed by atoms with Crippen LogP contribution in [-0.2, 0) is 12.6 Å². The summed E-state index contributed by atoms with van der Waals surface area (Å²) in [5.74, 6) is -1.04. The maximum atomic E-state index is 12.4. The Labute approximate surface area is 116 Å². The predicted octanol–water partition coefficient (Wildman–Crippen LogP) is 3.76. The molecule has 0 amide bonds. The lowest BCUT2D eigenvalue weighted by molar-refractivity contribution is -0.137. The van der Waals surface area contributed by atoms with E-state index in [1.807, 2.05) is 0 Å². The average Bonchev–Trinajstić information content (AvgIpc) is 2.70. The van der Waals surface area contributed by atoms with E-state index in [4.69, 9.17) is 5.11 Å². The highest BCUT2D eigenvalue weighted by atomic mass is 32.1. The molecule has 0 saturated carbocycles. The van der Waals surface area contributed by atoms with E-state index >= 15 is 0 Å². The third-order valence-electron chi connectivity index (χ3n) is 2.67. The molecule has 0 aliphatic heterocycles. The van der Waals surface area contributed by atoms with Gasteiger partial charge in [0.1, 0.15) is 4.88 Å². The largest absolute Gasteiger partial charge is 0.477 e. The van der Waals surface area contributed by atoms with Crippen molar-refractivity contribution in [3.63, 3.8) is 0 Å². The summed E-state index contributed by atoms with van der Waals surface area (Å²) in [6, 6.07) is 4.77. The molecule has 1 N–H and O–H groups in total. The molecule has 3 nitrogen and oxygen atoms in total. The molecule has 0 atom stereocenters. The summed E-state index contributed by atoms with van der Waals surface area (Å²) in [6.45, 7) is 1.59. The molecule has 0 aliphatic rings. The summed E-state index contributed by atoms with van der Waals surface area (Å²) in [5, 5.41) is 9.49. The number of carboxylic acids is 1. The van der Waals surface area contributed by atoms with Crippen LogP contribution in [0.3, 0.4) is 0 Å². The van der Waals surface area contributed by atoms with E-state index in [1.165, 1.54) is 12.1 Å². The van der Waals surface area contributed by atoms with Crippen LogP contribution < -0.4 is 0 Å². The minimum atomic E-state index is -4.35. The van der Waals surface area contributed by atoms with E-state index in [9.17, 15) is 18.0 Å². The second-order valence-corrected chi connectivity index (χ2v) is 5.28. The zero-order valence-electron chi connectivity index (χ0n) is 10.4. The van der Waals surface area contributed by atoms with Gasteiger partial charge in [-0.1, -0.05) is 12.1 Å². The van der Waals surface area contributed by atoms with Crippen LogP contribution in [0.2, 0.25) is 0 Å². The Morgan fingerprint density at radius 1 is 1.30 bits per heavy atom. The first-order chi connectivity index (χ1) is 9.27. The number of alkyl halides is 3. The summed E-state index contributed by atoms with van der Waals surface area (Å²) < 4.78 is 37.2. The van der Waals surface area contributed by atoms with Crippen LogP contribution >= 0.6 is 11.3 Å². The zero-order valence-corrected chi connectivity index (χ0v) is 11.2. The lowest BCUT2D eigenvalue weighted by Crippen LogP contribution is -2.04. The minimum absolute atomic E-state index is 0.159. The van der Waals surface area contributed by atoms with E-state index < -0.39 is 17.7 Å². The predicted molar refractivity (Wildman–Crippen MR) is 68.1 cm³/mol. The molecule has 1 aromatic carbocycles. The summed E-state index contributed by atoms with van der Waals surface area (Å²) in [5.41, 5.74) is 0.371. The Morgan fingerprint density at radius 2 is 1.90 bits per heavy atom. The molecule has 2 aromatic rings. The van der Waals surface area contributed by atoms with Crippen molar-refractivity contribution in [2.75, 3.05) is 0 Å². The number of halogens is 3. The van der Waals surface area contributed by atoms with Crippen LogP contribution in [0.4, 0.5) is 13.2 Å². The van der Waals surface area contributed by atoms with Gasteiger partial charge in [0.15, 0.2) is 0 Å². The maximum Gasteiger partial charge on any atom is 0.416 e. The Kier molecular flexibility index (Phi) is 3.80. The van der Waals surface area contributed by atoms with Gasteiger partial charge in [0.25, 0.3) is 0 Å². The fourth-order valence-electron chi connectivity index (χ4n) is 1.71. The second kappa shape index (κ2) is 5.24. The molecule has 1 heterocycles. The van der Waals surface area contributed by atoms with Crippen LogP contribution in [0.15, 0.2) is 24.3 Å². The van der Waals surface area contributed by atoms with E-state index in [1.54, 1.807) is 6.92 Å². The van der Waals surface area contributed by atoms with Gasteiger partial charge < -0.3 is 5.11 Å². The fourth-order valence-corrected chi connectivity index (χ4v) is 2.65. The van der Waals surface area contributed by atoms with Crippen molar-refractivity contribution in [2.45, 2.75) is 19.5 Å². The topological polar surface area (TPSA) is 50.2 Å². The van der Waals surface area contributed by atoms with Gasteiger partial charge in [-0.15, -0.1) is 11.3 Å². The van der Waals surface area contributed by atoms with Crippen molar-refractivity contribution in [3.8, 4) is 0 Å². The lowest BCUT2D eigenvalue weighted by Gasteiger charge is -2.06. The van der Waals surface area contributed by atoms with Crippen molar-refractivity contribution in [3.05, 3.63) is 51.0 Å². The van der Waals surface area contributed by atoms with Gasteiger partial charge >= 0.3 is 12.1 Å². The number of aromatic carboxylic acids is 1. The smallest absolute Gasteiger partial charge is 0.416 e. The van der Waals surface area contributed by atoms with Crippen molar-refractivity contribution in [1.29, 1.82) is 0 Å². The molecule has 2 rings (SSSR count). The van der Waals surface area contributed by atoms with Crippen molar-refractivity contribution in [2.24, 2.45) is 0 Å². The molecule has 0 unspecified atom stereocenters. The highest BCUT2D eigenvalue weighted by molar-refractivity contribution is 7.13. The van der Waals surface area contributed by atoms with Gasteiger partial charge in [0.05, 0.1) is 16.3 Å². The normalized spacial score (nSPS) is 11.6. The van der Waals surface area contributed by atoms with Gasteiger partial charge in [-0.25, -0.2) is 9.78 Å². The molecule has 0 aliphatic carbocycles. The quantitative estimate of drug-likeness (QED) is 0.939.